The molecule has 0 aromatic rings. The lowest BCUT2D eigenvalue weighted by Gasteiger charge is -2.24. The third-order valence-electron chi connectivity index (χ3n) is 2.32. The van der Waals surface area contributed by atoms with Gasteiger partial charge in [-0.2, -0.15) is 0 Å². The molecule has 0 aromatic heterocycles. The van der Waals surface area contributed by atoms with Crippen molar-refractivity contribution in [3.63, 3.8) is 0 Å². The van der Waals surface area contributed by atoms with E-state index in [4.69, 9.17) is 9.31 Å². The number of hydrogen-bond donors (Lipinski definition) is 1. The lowest BCUT2D eigenvalue weighted by molar-refractivity contribution is 0.141. The number of aliphatic hydroxyl groups is 1. The SMILES string of the molecule is CC(C)(C)/C(=C/B1OCCCO1)CO. The first-order valence-electron chi connectivity index (χ1n) is 5.09. The summed E-state index contributed by atoms with van der Waals surface area (Å²) in [4.78, 5) is 0. The minimum absolute atomic E-state index is 0.0289. The van der Waals surface area contributed by atoms with Gasteiger partial charge in [-0.05, 0) is 17.4 Å². The Morgan fingerprint density at radius 1 is 1.36 bits per heavy atom. The molecule has 0 saturated carbocycles. The highest BCUT2D eigenvalue weighted by molar-refractivity contribution is 6.51. The molecule has 14 heavy (non-hydrogen) atoms. The fourth-order valence-corrected chi connectivity index (χ4v) is 1.31. The molecule has 0 atom stereocenters. The minimum atomic E-state index is -0.273. The topological polar surface area (TPSA) is 38.7 Å². The average Bonchev–Trinajstić information content (AvgIpc) is 2.14. The van der Waals surface area contributed by atoms with Gasteiger partial charge in [-0.1, -0.05) is 26.7 Å². The van der Waals surface area contributed by atoms with Gasteiger partial charge in [0, 0.05) is 13.2 Å². The largest absolute Gasteiger partial charge is 0.486 e. The summed E-state index contributed by atoms with van der Waals surface area (Å²) < 4.78 is 10.8. The summed E-state index contributed by atoms with van der Waals surface area (Å²) in [6, 6.07) is 0. The zero-order valence-electron chi connectivity index (χ0n) is 9.25. The van der Waals surface area contributed by atoms with Crippen molar-refractivity contribution < 1.29 is 14.4 Å². The van der Waals surface area contributed by atoms with E-state index in [0.29, 0.717) is 0 Å². The fraction of sp³-hybridized carbons (Fsp3) is 0.800. The van der Waals surface area contributed by atoms with E-state index in [9.17, 15) is 5.11 Å². The maximum atomic E-state index is 9.21. The maximum Gasteiger partial charge on any atom is 0.486 e. The van der Waals surface area contributed by atoms with Crippen molar-refractivity contribution in [3.8, 4) is 0 Å². The van der Waals surface area contributed by atoms with Crippen molar-refractivity contribution >= 4 is 7.12 Å². The summed E-state index contributed by atoms with van der Waals surface area (Å²) in [5, 5.41) is 9.21. The molecule has 4 heteroatoms. The second-order valence-electron chi connectivity index (χ2n) is 4.56. The molecule has 1 heterocycles. The molecule has 0 radical (unpaired) electrons. The van der Waals surface area contributed by atoms with Crippen molar-refractivity contribution in [2.75, 3.05) is 19.8 Å². The van der Waals surface area contributed by atoms with Crippen LogP contribution < -0.4 is 0 Å². The third-order valence-corrected chi connectivity index (χ3v) is 2.32. The summed E-state index contributed by atoms with van der Waals surface area (Å²) >= 11 is 0. The quantitative estimate of drug-likeness (QED) is 0.682. The molecule has 1 aliphatic heterocycles. The van der Waals surface area contributed by atoms with Crippen LogP contribution in [0, 0.1) is 5.41 Å². The van der Waals surface area contributed by atoms with Crippen LogP contribution in [0.4, 0.5) is 0 Å². The predicted molar refractivity (Wildman–Crippen MR) is 56.9 cm³/mol. The molecule has 1 fully saturated rings. The summed E-state index contributed by atoms with van der Waals surface area (Å²) in [7, 11) is -0.273. The molecule has 0 aromatic carbocycles. The molecular weight excluding hydrogens is 179 g/mol. The molecule has 1 N–H and O–H groups in total. The first-order chi connectivity index (χ1) is 6.54. The van der Waals surface area contributed by atoms with Gasteiger partial charge in [0.15, 0.2) is 0 Å². The van der Waals surface area contributed by atoms with Crippen LogP contribution in [0.25, 0.3) is 0 Å². The maximum absolute atomic E-state index is 9.21. The Labute approximate surface area is 86.2 Å². The molecule has 0 unspecified atom stereocenters. The van der Waals surface area contributed by atoms with Crippen LogP contribution in [0.5, 0.6) is 0 Å². The molecule has 0 bridgehead atoms. The van der Waals surface area contributed by atoms with Crippen molar-refractivity contribution in [1.29, 1.82) is 0 Å². The third kappa shape index (κ3) is 3.44. The molecule has 1 saturated heterocycles. The molecule has 3 nitrogen and oxygen atoms in total. The van der Waals surface area contributed by atoms with Crippen LogP contribution in [0.2, 0.25) is 0 Å². The van der Waals surface area contributed by atoms with E-state index < -0.39 is 0 Å². The summed E-state index contributed by atoms with van der Waals surface area (Å²) in [5.74, 6) is 1.89. The van der Waals surface area contributed by atoms with E-state index in [-0.39, 0.29) is 19.1 Å². The molecule has 0 amide bonds. The van der Waals surface area contributed by atoms with E-state index >= 15 is 0 Å². The van der Waals surface area contributed by atoms with Crippen molar-refractivity contribution in [1.82, 2.24) is 0 Å². The Morgan fingerprint density at radius 3 is 2.36 bits per heavy atom. The van der Waals surface area contributed by atoms with Gasteiger partial charge in [0.05, 0.1) is 6.61 Å². The van der Waals surface area contributed by atoms with Crippen LogP contribution in [0.3, 0.4) is 0 Å². The number of rotatable bonds is 2. The molecule has 1 rings (SSSR count). The highest BCUT2D eigenvalue weighted by Gasteiger charge is 2.24. The van der Waals surface area contributed by atoms with Gasteiger partial charge in [0.1, 0.15) is 0 Å². The van der Waals surface area contributed by atoms with Gasteiger partial charge < -0.3 is 14.4 Å². The number of aliphatic hydroxyl groups excluding tert-OH is 1. The van der Waals surface area contributed by atoms with Crippen molar-refractivity contribution in [2.45, 2.75) is 27.2 Å². The van der Waals surface area contributed by atoms with E-state index in [1.54, 1.807) is 0 Å². The second-order valence-corrected chi connectivity index (χ2v) is 4.56. The lowest BCUT2D eigenvalue weighted by Crippen LogP contribution is -2.30. The van der Waals surface area contributed by atoms with Gasteiger partial charge in [0.2, 0.25) is 0 Å². The zero-order valence-corrected chi connectivity index (χ0v) is 9.25. The number of hydrogen-bond acceptors (Lipinski definition) is 3. The zero-order chi connectivity index (χ0) is 10.6. The minimum Gasteiger partial charge on any atom is -0.408 e. The van der Waals surface area contributed by atoms with Gasteiger partial charge in [-0.15, -0.1) is 0 Å². The fourth-order valence-electron chi connectivity index (χ4n) is 1.31. The second kappa shape index (κ2) is 4.96. The Hall–Kier alpha value is -0.315. The van der Waals surface area contributed by atoms with Crippen molar-refractivity contribution in [3.05, 3.63) is 11.5 Å². The van der Waals surface area contributed by atoms with Crippen LogP contribution in [-0.4, -0.2) is 32.0 Å². The highest BCUT2D eigenvalue weighted by Crippen LogP contribution is 2.25. The van der Waals surface area contributed by atoms with E-state index in [0.717, 1.165) is 25.2 Å². The Bertz CT molecular complexity index is 202. The summed E-state index contributed by atoms with van der Waals surface area (Å²) in [5.41, 5.74) is 0.934. The first-order valence-corrected chi connectivity index (χ1v) is 5.09. The van der Waals surface area contributed by atoms with Gasteiger partial charge in [0.25, 0.3) is 0 Å². The van der Waals surface area contributed by atoms with Crippen LogP contribution >= 0.6 is 0 Å². The monoisotopic (exact) mass is 198 g/mol. The molecule has 1 aliphatic rings. The van der Waals surface area contributed by atoms with E-state index in [2.05, 4.69) is 20.8 Å². The molecule has 80 valence electrons. The average molecular weight is 198 g/mol. The van der Waals surface area contributed by atoms with Gasteiger partial charge in [-0.3, -0.25) is 0 Å². The standard InChI is InChI=1S/C10H19BO3/c1-10(2,3)9(8-12)7-11-13-5-4-6-14-11/h7,12H,4-6,8H2,1-3H3/b9-7+. The smallest absolute Gasteiger partial charge is 0.408 e. The molecule has 0 spiro atoms. The highest BCUT2D eigenvalue weighted by atomic mass is 16.6. The first kappa shape index (κ1) is 11.8. The Balaban J connectivity index is 2.62. The summed E-state index contributed by atoms with van der Waals surface area (Å²) in [6.07, 6.45) is 0.953. The lowest BCUT2D eigenvalue weighted by atomic mass is 9.77. The Morgan fingerprint density at radius 2 is 1.93 bits per heavy atom. The Kier molecular flexibility index (Phi) is 4.17. The van der Waals surface area contributed by atoms with Crippen LogP contribution in [0.15, 0.2) is 11.5 Å². The summed E-state index contributed by atoms with van der Waals surface area (Å²) in [6.45, 7) is 7.74. The molecule has 0 aliphatic carbocycles. The van der Waals surface area contributed by atoms with Crippen molar-refractivity contribution in [2.24, 2.45) is 5.41 Å². The predicted octanol–water partition coefficient (Wildman–Crippen LogP) is 1.42. The van der Waals surface area contributed by atoms with Crippen LogP contribution in [-0.2, 0) is 9.31 Å². The van der Waals surface area contributed by atoms with Crippen LogP contribution in [0.1, 0.15) is 27.2 Å². The molecular formula is C10H19BO3. The van der Waals surface area contributed by atoms with Gasteiger partial charge >= 0.3 is 7.12 Å². The normalized spacial score (nSPS) is 20.0. The van der Waals surface area contributed by atoms with E-state index in [1.807, 2.05) is 5.98 Å². The van der Waals surface area contributed by atoms with E-state index in [1.165, 1.54) is 0 Å². The van der Waals surface area contributed by atoms with Gasteiger partial charge in [-0.25, -0.2) is 0 Å².